The molecule has 0 radical (unpaired) electrons. The Bertz CT molecular complexity index is 302. The number of ether oxygens (including phenoxy) is 1. The minimum absolute atomic E-state index is 0.188. The largest absolute Gasteiger partial charge is 0.385 e. The van der Waals surface area contributed by atoms with Crippen LogP contribution in [0.2, 0.25) is 0 Å². The summed E-state index contributed by atoms with van der Waals surface area (Å²) in [6.07, 6.45) is 1.98. The molecule has 0 amide bonds. The standard InChI is InChI=1S/C12H18FNO/c1-10-5-6-11(13)12(9-10)14-7-3-4-8-15-2/h5-6,9,14H,3-4,7-8H2,1-2H3. The van der Waals surface area contributed by atoms with Gasteiger partial charge in [-0.05, 0) is 37.5 Å². The molecule has 1 N–H and O–H groups in total. The predicted molar refractivity (Wildman–Crippen MR) is 60.7 cm³/mol. The van der Waals surface area contributed by atoms with Crippen molar-refractivity contribution < 1.29 is 9.13 Å². The molecule has 0 saturated carbocycles. The molecule has 0 unspecified atom stereocenters. The lowest BCUT2D eigenvalue weighted by molar-refractivity contribution is 0.194. The minimum Gasteiger partial charge on any atom is -0.385 e. The fraction of sp³-hybridized carbons (Fsp3) is 0.500. The van der Waals surface area contributed by atoms with Crippen LogP contribution in [0.3, 0.4) is 0 Å². The first-order valence-corrected chi connectivity index (χ1v) is 5.23. The van der Waals surface area contributed by atoms with E-state index in [1.807, 2.05) is 13.0 Å². The van der Waals surface area contributed by atoms with Gasteiger partial charge in [0, 0.05) is 20.3 Å². The number of benzene rings is 1. The number of halogens is 1. The van der Waals surface area contributed by atoms with Gasteiger partial charge in [0.2, 0.25) is 0 Å². The average molecular weight is 211 g/mol. The predicted octanol–water partition coefficient (Wildman–Crippen LogP) is 2.97. The van der Waals surface area contributed by atoms with E-state index in [1.165, 1.54) is 6.07 Å². The summed E-state index contributed by atoms with van der Waals surface area (Å²) in [4.78, 5) is 0. The molecule has 1 aromatic rings. The Balaban J connectivity index is 2.33. The molecule has 1 rings (SSSR count). The quantitative estimate of drug-likeness (QED) is 0.730. The number of nitrogens with one attached hydrogen (secondary N) is 1. The Morgan fingerprint density at radius 2 is 2.13 bits per heavy atom. The molecule has 0 spiro atoms. The smallest absolute Gasteiger partial charge is 0.146 e. The van der Waals surface area contributed by atoms with Crippen LogP contribution < -0.4 is 5.32 Å². The maximum Gasteiger partial charge on any atom is 0.146 e. The highest BCUT2D eigenvalue weighted by Gasteiger charge is 2.00. The fourth-order valence-corrected chi connectivity index (χ4v) is 1.37. The summed E-state index contributed by atoms with van der Waals surface area (Å²) in [7, 11) is 1.69. The lowest BCUT2D eigenvalue weighted by Crippen LogP contribution is -2.04. The van der Waals surface area contributed by atoms with Gasteiger partial charge < -0.3 is 10.1 Å². The van der Waals surface area contributed by atoms with Crippen LogP contribution in [0.1, 0.15) is 18.4 Å². The van der Waals surface area contributed by atoms with E-state index in [4.69, 9.17) is 4.74 Å². The molecule has 15 heavy (non-hydrogen) atoms. The summed E-state index contributed by atoms with van der Waals surface area (Å²) in [5, 5.41) is 3.08. The lowest BCUT2D eigenvalue weighted by atomic mass is 10.2. The zero-order valence-corrected chi connectivity index (χ0v) is 9.35. The maximum atomic E-state index is 13.3. The van der Waals surface area contributed by atoms with Gasteiger partial charge in [-0.1, -0.05) is 6.07 Å². The topological polar surface area (TPSA) is 21.3 Å². The van der Waals surface area contributed by atoms with E-state index < -0.39 is 0 Å². The highest BCUT2D eigenvalue weighted by atomic mass is 19.1. The molecule has 0 aliphatic heterocycles. The highest BCUT2D eigenvalue weighted by Crippen LogP contribution is 2.15. The number of hydrogen-bond donors (Lipinski definition) is 1. The number of rotatable bonds is 6. The lowest BCUT2D eigenvalue weighted by Gasteiger charge is -2.08. The molecule has 0 saturated heterocycles. The van der Waals surface area contributed by atoms with Crippen molar-refractivity contribution in [2.45, 2.75) is 19.8 Å². The Kier molecular flexibility index (Phi) is 5.12. The molecule has 0 atom stereocenters. The van der Waals surface area contributed by atoms with Gasteiger partial charge in [0.25, 0.3) is 0 Å². The van der Waals surface area contributed by atoms with Crippen LogP contribution >= 0.6 is 0 Å². The van der Waals surface area contributed by atoms with Crippen molar-refractivity contribution in [2.75, 3.05) is 25.6 Å². The molecule has 0 aliphatic carbocycles. The van der Waals surface area contributed by atoms with Crippen molar-refractivity contribution in [3.8, 4) is 0 Å². The number of unbranched alkanes of at least 4 members (excludes halogenated alkanes) is 1. The summed E-state index contributed by atoms with van der Waals surface area (Å²) >= 11 is 0. The van der Waals surface area contributed by atoms with E-state index in [0.29, 0.717) is 5.69 Å². The summed E-state index contributed by atoms with van der Waals surface area (Å²) < 4.78 is 18.2. The first-order chi connectivity index (χ1) is 7.24. The summed E-state index contributed by atoms with van der Waals surface area (Å²) in [6.45, 7) is 3.50. The van der Waals surface area contributed by atoms with E-state index in [9.17, 15) is 4.39 Å². The van der Waals surface area contributed by atoms with Crippen molar-refractivity contribution in [1.29, 1.82) is 0 Å². The number of anilines is 1. The monoisotopic (exact) mass is 211 g/mol. The molecular weight excluding hydrogens is 193 g/mol. The maximum absolute atomic E-state index is 13.3. The van der Waals surface area contributed by atoms with Crippen molar-refractivity contribution in [2.24, 2.45) is 0 Å². The molecule has 0 aliphatic rings. The third-order valence-electron chi connectivity index (χ3n) is 2.21. The molecule has 3 heteroatoms. The van der Waals surface area contributed by atoms with E-state index in [-0.39, 0.29) is 5.82 Å². The van der Waals surface area contributed by atoms with E-state index in [2.05, 4.69) is 5.32 Å². The Morgan fingerprint density at radius 3 is 2.87 bits per heavy atom. The average Bonchev–Trinajstić information content (AvgIpc) is 2.23. The minimum atomic E-state index is -0.188. The van der Waals surface area contributed by atoms with Gasteiger partial charge in [-0.25, -0.2) is 4.39 Å². The van der Waals surface area contributed by atoms with E-state index >= 15 is 0 Å². The zero-order chi connectivity index (χ0) is 11.1. The third kappa shape index (κ3) is 4.30. The summed E-state index contributed by atoms with van der Waals surface area (Å²) in [6, 6.07) is 5.09. The van der Waals surface area contributed by atoms with E-state index in [0.717, 1.165) is 31.6 Å². The van der Waals surface area contributed by atoms with Crippen molar-refractivity contribution in [1.82, 2.24) is 0 Å². The van der Waals surface area contributed by atoms with Crippen LogP contribution in [-0.4, -0.2) is 20.3 Å². The van der Waals surface area contributed by atoms with Crippen LogP contribution in [0.5, 0.6) is 0 Å². The van der Waals surface area contributed by atoms with Crippen molar-refractivity contribution in [3.63, 3.8) is 0 Å². The van der Waals surface area contributed by atoms with Gasteiger partial charge in [0.15, 0.2) is 0 Å². The molecular formula is C12H18FNO. The van der Waals surface area contributed by atoms with Crippen LogP contribution in [0, 0.1) is 12.7 Å². The first-order valence-electron chi connectivity index (χ1n) is 5.23. The second kappa shape index (κ2) is 6.40. The number of methoxy groups -OCH3 is 1. The van der Waals surface area contributed by atoms with Crippen LogP contribution in [-0.2, 0) is 4.74 Å². The number of hydrogen-bond acceptors (Lipinski definition) is 2. The van der Waals surface area contributed by atoms with Gasteiger partial charge in [-0.2, -0.15) is 0 Å². The van der Waals surface area contributed by atoms with Gasteiger partial charge in [-0.3, -0.25) is 0 Å². The van der Waals surface area contributed by atoms with Gasteiger partial charge in [0.1, 0.15) is 5.82 Å². The second-order valence-electron chi connectivity index (χ2n) is 3.61. The Labute approximate surface area is 90.4 Å². The molecule has 84 valence electrons. The van der Waals surface area contributed by atoms with Crippen LogP contribution in [0.25, 0.3) is 0 Å². The van der Waals surface area contributed by atoms with Crippen LogP contribution in [0.4, 0.5) is 10.1 Å². The van der Waals surface area contributed by atoms with Gasteiger partial charge in [0.05, 0.1) is 5.69 Å². The van der Waals surface area contributed by atoms with Gasteiger partial charge >= 0.3 is 0 Å². The summed E-state index contributed by atoms with van der Waals surface area (Å²) in [5.74, 6) is -0.188. The first kappa shape index (κ1) is 12.0. The van der Waals surface area contributed by atoms with Crippen LogP contribution in [0.15, 0.2) is 18.2 Å². The third-order valence-corrected chi connectivity index (χ3v) is 2.21. The van der Waals surface area contributed by atoms with E-state index in [1.54, 1.807) is 13.2 Å². The Morgan fingerprint density at radius 1 is 1.33 bits per heavy atom. The molecule has 0 fully saturated rings. The van der Waals surface area contributed by atoms with Crippen molar-refractivity contribution >= 4 is 5.69 Å². The fourth-order valence-electron chi connectivity index (χ4n) is 1.37. The highest BCUT2D eigenvalue weighted by molar-refractivity contribution is 5.46. The molecule has 0 heterocycles. The zero-order valence-electron chi connectivity index (χ0n) is 9.35. The molecule has 1 aromatic carbocycles. The molecule has 0 aromatic heterocycles. The van der Waals surface area contributed by atoms with Gasteiger partial charge in [-0.15, -0.1) is 0 Å². The summed E-state index contributed by atoms with van der Waals surface area (Å²) in [5.41, 5.74) is 1.66. The Hall–Kier alpha value is -1.09. The van der Waals surface area contributed by atoms with Crippen molar-refractivity contribution in [3.05, 3.63) is 29.6 Å². The molecule has 0 bridgehead atoms. The number of aryl methyl sites for hydroxylation is 1. The normalized spacial score (nSPS) is 10.3. The SMILES string of the molecule is COCCCCNc1cc(C)ccc1F. The second-order valence-corrected chi connectivity index (χ2v) is 3.61. The molecule has 2 nitrogen and oxygen atoms in total.